The van der Waals surface area contributed by atoms with Crippen LogP contribution < -0.4 is 5.32 Å². The van der Waals surface area contributed by atoms with Crippen molar-refractivity contribution in [1.82, 2.24) is 23.5 Å². The average Bonchev–Trinajstić information content (AvgIpc) is 3.11. The number of nitrogens with one attached hydrogen (secondary N) is 1. The lowest BCUT2D eigenvalue weighted by Crippen LogP contribution is -2.09. The van der Waals surface area contributed by atoms with Gasteiger partial charge >= 0.3 is 0 Å². The minimum absolute atomic E-state index is 0.0550. The lowest BCUT2D eigenvalue weighted by atomic mass is 10.2. The van der Waals surface area contributed by atoms with Gasteiger partial charge in [0, 0.05) is 18.6 Å². The Bertz CT molecular complexity index is 1230. The van der Waals surface area contributed by atoms with Crippen molar-refractivity contribution < 1.29 is 8.42 Å². The molecule has 0 fully saturated rings. The van der Waals surface area contributed by atoms with Gasteiger partial charge in [-0.05, 0) is 23.7 Å². The van der Waals surface area contributed by atoms with Crippen LogP contribution in [0.4, 0.5) is 11.5 Å². The summed E-state index contributed by atoms with van der Waals surface area (Å²) in [4.78, 5) is 12.5. The first-order valence-electron chi connectivity index (χ1n) is 7.27. The molecule has 3 heterocycles. The highest BCUT2D eigenvalue weighted by atomic mass is 35.5. The number of aryl methyl sites for hydroxylation is 1. The lowest BCUT2D eigenvalue weighted by molar-refractivity contribution is 0.595. The van der Waals surface area contributed by atoms with E-state index in [0.717, 1.165) is 11.6 Å². The number of fused-ring (bicyclic) bond motifs is 2. The predicted octanol–water partition coefficient (Wildman–Crippen LogP) is 2.52. The first-order chi connectivity index (χ1) is 11.8. The monoisotopic (exact) mass is 376 g/mol. The van der Waals surface area contributed by atoms with E-state index in [9.17, 15) is 8.42 Å². The number of imidazole rings is 1. The van der Waals surface area contributed by atoms with E-state index >= 15 is 0 Å². The van der Waals surface area contributed by atoms with Gasteiger partial charge in [0.25, 0.3) is 0 Å². The maximum atomic E-state index is 12.1. The van der Waals surface area contributed by atoms with Gasteiger partial charge < -0.3 is 9.88 Å². The molecule has 1 N–H and O–H groups in total. The zero-order chi connectivity index (χ0) is 17.8. The zero-order valence-corrected chi connectivity index (χ0v) is 14.9. The maximum Gasteiger partial charge on any atom is 0.236 e. The van der Waals surface area contributed by atoms with E-state index in [1.54, 1.807) is 23.0 Å². The van der Waals surface area contributed by atoms with Crippen LogP contribution in [0.1, 0.15) is 0 Å². The molecule has 8 nitrogen and oxygen atoms in total. The summed E-state index contributed by atoms with van der Waals surface area (Å²) in [6.45, 7) is 0. The largest absolute Gasteiger partial charge is 0.337 e. The minimum Gasteiger partial charge on any atom is -0.337 e. The van der Waals surface area contributed by atoms with Crippen molar-refractivity contribution in [3.8, 4) is 0 Å². The SMILES string of the molecule is Cn1cnc2nc(Cl)nc(Nc3cccc4ccn(S(C)(=O)=O)c34)c21. The Labute approximate surface area is 148 Å². The molecule has 4 rings (SSSR count). The Kier molecular flexibility index (Phi) is 3.44. The molecule has 0 aliphatic rings. The van der Waals surface area contributed by atoms with Crippen molar-refractivity contribution >= 4 is 55.2 Å². The molecule has 1 aromatic carbocycles. The second-order valence-corrected chi connectivity index (χ2v) is 7.81. The molecule has 0 unspecified atom stereocenters. The molecular weight excluding hydrogens is 364 g/mol. The van der Waals surface area contributed by atoms with Crippen molar-refractivity contribution in [1.29, 1.82) is 0 Å². The van der Waals surface area contributed by atoms with Gasteiger partial charge in [-0.2, -0.15) is 9.97 Å². The molecule has 0 aliphatic heterocycles. The van der Waals surface area contributed by atoms with Gasteiger partial charge in [-0.15, -0.1) is 0 Å². The van der Waals surface area contributed by atoms with Crippen LogP contribution >= 0.6 is 11.6 Å². The summed E-state index contributed by atoms with van der Waals surface area (Å²) in [6.07, 6.45) is 4.29. The number of hydrogen-bond acceptors (Lipinski definition) is 6. The third-order valence-electron chi connectivity index (χ3n) is 3.83. The summed E-state index contributed by atoms with van der Waals surface area (Å²) in [5.41, 5.74) is 2.25. The van der Waals surface area contributed by atoms with Crippen molar-refractivity contribution in [3.05, 3.63) is 42.1 Å². The summed E-state index contributed by atoms with van der Waals surface area (Å²) in [5, 5.41) is 4.02. The van der Waals surface area contributed by atoms with Crippen LogP contribution in [0.3, 0.4) is 0 Å². The van der Waals surface area contributed by atoms with Crippen LogP contribution in [0.2, 0.25) is 5.28 Å². The smallest absolute Gasteiger partial charge is 0.236 e. The number of anilines is 2. The molecule has 128 valence electrons. The normalized spacial score (nSPS) is 12.1. The molecule has 0 spiro atoms. The molecule has 0 atom stereocenters. The molecule has 0 aliphatic carbocycles. The van der Waals surface area contributed by atoms with E-state index in [1.165, 1.54) is 10.2 Å². The summed E-state index contributed by atoms with van der Waals surface area (Å²) in [5.74, 6) is 0.448. The van der Waals surface area contributed by atoms with E-state index in [2.05, 4.69) is 20.3 Å². The molecule has 0 saturated heterocycles. The van der Waals surface area contributed by atoms with E-state index in [0.29, 0.717) is 28.2 Å². The van der Waals surface area contributed by atoms with Gasteiger partial charge in [0.1, 0.15) is 5.52 Å². The molecule has 4 aromatic rings. The van der Waals surface area contributed by atoms with Gasteiger partial charge in [-0.1, -0.05) is 12.1 Å². The summed E-state index contributed by atoms with van der Waals surface area (Å²) in [6, 6.07) is 7.20. The molecule has 10 heteroatoms. The number of nitrogens with zero attached hydrogens (tertiary/aromatic N) is 5. The maximum absolute atomic E-state index is 12.1. The first kappa shape index (κ1) is 15.9. The number of benzene rings is 1. The van der Waals surface area contributed by atoms with Crippen molar-refractivity contribution in [3.63, 3.8) is 0 Å². The highest BCUT2D eigenvalue weighted by Crippen LogP contribution is 2.30. The highest BCUT2D eigenvalue weighted by molar-refractivity contribution is 7.89. The van der Waals surface area contributed by atoms with Crippen LogP contribution in [0.15, 0.2) is 36.8 Å². The third-order valence-corrected chi connectivity index (χ3v) is 5.02. The van der Waals surface area contributed by atoms with Crippen molar-refractivity contribution in [2.45, 2.75) is 0 Å². The van der Waals surface area contributed by atoms with E-state index in [-0.39, 0.29) is 5.28 Å². The van der Waals surface area contributed by atoms with Crippen LogP contribution in [-0.2, 0) is 17.1 Å². The lowest BCUT2D eigenvalue weighted by Gasteiger charge is -2.11. The number of halogens is 1. The third kappa shape index (κ3) is 2.61. The molecule has 0 amide bonds. The summed E-state index contributed by atoms with van der Waals surface area (Å²) < 4.78 is 27.1. The number of aromatic nitrogens is 5. The fourth-order valence-electron chi connectivity index (χ4n) is 2.79. The van der Waals surface area contributed by atoms with Crippen LogP contribution in [-0.4, -0.2) is 38.2 Å². The molecule has 0 radical (unpaired) electrons. The Hall–Kier alpha value is -2.65. The molecule has 3 aromatic heterocycles. The standard InChI is InChI=1S/C15H13ClN6O2S/c1-21-8-17-13-12(21)14(20-15(16)19-13)18-10-5-3-4-9-6-7-22(11(9)10)25(2,23)24/h3-8H,1-2H3,(H,18,19,20). The Balaban J connectivity index is 1.96. The molecule has 25 heavy (non-hydrogen) atoms. The van der Waals surface area contributed by atoms with Crippen LogP contribution in [0, 0.1) is 0 Å². The van der Waals surface area contributed by atoms with Gasteiger partial charge in [0.2, 0.25) is 15.3 Å². The van der Waals surface area contributed by atoms with Gasteiger partial charge in [-0.3, -0.25) is 0 Å². The fourth-order valence-corrected chi connectivity index (χ4v) is 3.77. The molecular formula is C15H13ClN6O2S. The Morgan fingerprint density at radius 3 is 2.72 bits per heavy atom. The second kappa shape index (κ2) is 5.43. The minimum atomic E-state index is -3.45. The van der Waals surface area contributed by atoms with Gasteiger partial charge in [0.05, 0.1) is 23.8 Å². The zero-order valence-electron chi connectivity index (χ0n) is 13.3. The highest BCUT2D eigenvalue weighted by Gasteiger charge is 2.16. The number of rotatable bonds is 3. The average molecular weight is 377 g/mol. The topological polar surface area (TPSA) is 94.7 Å². The number of para-hydroxylation sites is 1. The fraction of sp³-hybridized carbons (Fsp3) is 0.133. The Morgan fingerprint density at radius 1 is 1.16 bits per heavy atom. The Morgan fingerprint density at radius 2 is 1.96 bits per heavy atom. The van der Waals surface area contributed by atoms with E-state index < -0.39 is 10.0 Å². The first-order valence-corrected chi connectivity index (χ1v) is 9.49. The molecule has 0 saturated carbocycles. The summed E-state index contributed by atoms with van der Waals surface area (Å²) >= 11 is 5.99. The second-order valence-electron chi connectivity index (χ2n) is 5.61. The van der Waals surface area contributed by atoms with Crippen LogP contribution in [0.25, 0.3) is 22.1 Å². The number of hydrogen-bond donors (Lipinski definition) is 1. The van der Waals surface area contributed by atoms with Gasteiger partial charge in [0.15, 0.2) is 11.5 Å². The van der Waals surface area contributed by atoms with E-state index in [4.69, 9.17) is 11.6 Å². The van der Waals surface area contributed by atoms with E-state index in [1.807, 2.05) is 19.2 Å². The quantitative estimate of drug-likeness (QED) is 0.552. The van der Waals surface area contributed by atoms with Crippen LogP contribution in [0.5, 0.6) is 0 Å². The predicted molar refractivity (Wildman–Crippen MR) is 96.8 cm³/mol. The summed E-state index contributed by atoms with van der Waals surface area (Å²) in [7, 11) is -1.63. The van der Waals surface area contributed by atoms with Crippen molar-refractivity contribution in [2.24, 2.45) is 7.05 Å². The van der Waals surface area contributed by atoms with Crippen molar-refractivity contribution in [2.75, 3.05) is 11.6 Å². The molecule has 0 bridgehead atoms. The van der Waals surface area contributed by atoms with Gasteiger partial charge in [-0.25, -0.2) is 17.4 Å².